The molecular weight excluding hydrogens is 303 g/mol. The molecule has 2 aliphatic heterocycles. The Morgan fingerprint density at radius 3 is 2.40 bits per heavy atom. The first kappa shape index (κ1) is 13.9. The van der Waals surface area contributed by atoms with Crippen molar-refractivity contribution >= 4 is 34.6 Å². The number of anilines is 1. The van der Waals surface area contributed by atoms with E-state index in [0.717, 1.165) is 12.8 Å². The van der Waals surface area contributed by atoms with Gasteiger partial charge in [0.2, 0.25) is 0 Å². The van der Waals surface area contributed by atoms with Crippen LogP contribution in [0.25, 0.3) is 0 Å². The Balaban J connectivity index is 2.09. The second-order valence-corrected chi connectivity index (χ2v) is 6.27. The average Bonchev–Trinajstić information content (AvgIpc) is 2.61. The predicted molar refractivity (Wildman–Crippen MR) is 77.6 cm³/mol. The number of rotatable bonds is 2. The van der Waals surface area contributed by atoms with Crippen molar-refractivity contribution in [2.24, 2.45) is 0 Å². The van der Waals surface area contributed by atoms with Crippen LogP contribution >= 0.6 is 23.2 Å². The van der Waals surface area contributed by atoms with Crippen molar-refractivity contribution in [3.63, 3.8) is 0 Å². The molecule has 5 nitrogen and oxygen atoms in total. The van der Waals surface area contributed by atoms with E-state index >= 15 is 0 Å². The van der Waals surface area contributed by atoms with Crippen molar-refractivity contribution in [2.75, 3.05) is 4.90 Å². The largest absolute Gasteiger partial charge is 0.393 e. The summed E-state index contributed by atoms with van der Waals surface area (Å²) in [4.78, 5) is 12.8. The lowest BCUT2D eigenvalue weighted by molar-refractivity contribution is -0.384. The Kier molecular flexibility index (Phi) is 3.52. The van der Waals surface area contributed by atoms with Gasteiger partial charge in [0.15, 0.2) is 0 Å². The summed E-state index contributed by atoms with van der Waals surface area (Å²) >= 11 is 12.1. The Morgan fingerprint density at radius 1 is 1.25 bits per heavy atom. The fraction of sp³-hybridized carbons (Fsp3) is 0.538. The summed E-state index contributed by atoms with van der Waals surface area (Å²) < 4.78 is 0. The molecule has 0 aliphatic carbocycles. The van der Waals surface area contributed by atoms with Crippen LogP contribution < -0.4 is 4.90 Å². The molecule has 0 radical (unpaired) electrons. The van der Waals surface area contributed by atoms with E-state index in [0.29, 0.717) is 23.6 Å². The lowest BCUT2D eigenvalue weighted by Gasteiger charge is -2.39. The Labute approximate surface area is 126 Å². The molecule has 2 unspecified atom stereocenters. The van der Waals surface area contributed by atoms with Crippen molar-refractivity contribution in [3.8, 4) is 0 Å². The molecule has 0 saturated carbocycles. The van der Waals surface area contributed by atoms with E-state index in [1.165, 1.54) is 12.1 Å². The highest BCUT2D eigenvalue weighted by molar-refractivity contribution is 6.37. The summed E-state index contributed by atoms with van der Waals surface area (Å²) in [5, 5.41) is 21.7. The SMILES string of the molecule is O=[N+]([O-])c1cc(Cl)cc(Cl)c1N1C2CCC1CC(O)C2. The van der Waals surface area contributed by atoms with Crippen molar-refractivity contribution < 1.29 is 10.0 Å². The molecule has 2 bridgehead atoms. The Morgan fingerprint density at radius 2 is 1.85 bits per heavy atom. The second-order valence-electron chi connectivity index (χ2n) is 5.43. The van der Waals surface area contributed by atoms with Crippen LogP contribution in [-0.4, -0.2) is 28.2 Å². The summed E-state index contributed by atoms with van der Waals surface area (Å²) in [7, 11) is 0. The summed E-state index contributed by atoms with van der Waals surface area (Å²) in [5.41, 5.74) is 0.385. The molecule has 20 heavy (non-hydrogen) atoms. The van der Waals surface area contributed by atoms with Gasteiger partial charge in [-0.15, -0.1) is 0 Å². The molecule has 1 aromatic carbocycles. The predicted octanol–water partition coefficient (Wildman–Crippen LogP) is 3.39. The molecule has 0 aromatic heterocycles. The molecule has 2 fully saturated rings. The monoisotopic (exact) mass is 316 g/mol. The van der Waals surface area contributed by atoms with Gasteiger partial charge in [0.25, 0.3) is 5.69 Å². The van der Waals surface area contributed by atoms with Gasteiger partial charge >= 0.3 is 0 Å². The highest BCUT2D eigenvalue weighted by Gasteiger charge is 2.43. The number of nitro groups is 1. The Hall–Kier alpha value is -1.04. The summed E-state index contributed by atoms with van der Waals surface area (Å²) in [6, 6.07) is 3.10. The van der Waals surface area contributed by atoms with E-state index in [4.69, 9.17) is 23.2 Å². The lowest BCUT2D eigenvalue weighted by atomic mass is 9.98. The second kappa shape index (κ2) is 5.06. The minimum absolute atomic E-state index is 0.0595. The molecule has 7 heteroatoms. The molecule has 3 rings (SSSR count). The molecule has 2 heterocycles. The number of hydrogen-bond donors (Lipinski definition) is 1. The number of aliphatic hydroxyl groups is 1. The lowest BCUT2D eigenvalue weighted by Crippen LogP contribution is -2.45. The van der Waals surface area contributed by atoms with Crippen LogP contribution in [0.1, 0.15) is 25.7 Å². The van der Waals surface area contributed by atoms with Crippen LogP contribution in [0.3, 0.4) is 0 Å². The number of nitrogens with zero attached hydrogens (tertiary/aromatic N) is 2. The van der Waals surface area contributed by atoms with Gasteiger partial charge in [0, 0.05) is 23.2 Å². The maximum absolute atomic E-state index is 11.3. The first-order valence-corrected chi connectivity index (χ1v) is 7.33. The maximum Gasteiger partial charge on any atom is 0.295 e. The zero-order chi connectivity index (χ0) is 14.4. The molecule has 108 valence electrons. The zero-order valence-corrected chi connectivity index (χ0v) is 12.1. The summed E-state index contributed by atoms with van der Waals surface area (Å²) in [5.74, 6) is 0. The third-order valence-electron chi connectivity index (χ3n) is 4.17. The van der Waals surface area contributed by atoms with Gasteiger partial charge in [-0.1, -0.05) is 23.2 Å². The van der Waals surface area contributed by atoms with Gasteiger partial charge in [-0.25, -0.2) is 0 Å². The van der Waals surface area contributed by atoms with Gasteiger partial charge in [0.05, 0.1) is 16.0 Å². The van der Waals surface area contributed by atoms with Crippen LogP contribution in [0, 0.1) is 10.1 Å². The van der Waals surface area contributed by atoms with E-state index in [9.17, 15) is 15.2 Å². The zero-order valence-electron chi connectivity index (χ0n) is 10.6. The number of hydrogen-bond acceptors (Lipinski definition) is 4. The number of piperidine rings is 1. The van der Waals surface area contributed by atoms with Crippen LogP contribution in [-0.2, 0) is 0 Å². The molecule has 0 amide bonds. The number of aliphatic hydroxyl groups excluding tert-OH is 1. The van der Waals surface area contributed by atoms with Crippen LogP contribution in [0.5, 0.6) is 0 Å². The van der Waals surface area contributed by atoms with Crippen LogP contribution in [0.4, 0.5) is 11.4 Å². The smallest absolute Gasteiger partial charge is 0.295 e. The molecule has 0 spiro atoms. The fourth-order valence-electron chi connectivity index (χ4n) is 3.46. The molecular formula is C13H14Cl2N2O3. The minimum Gasteiger partial charge on any atom is -0.393 e. The molecule has 1 aromatic rings. The van der Waals surface area contributed by atoms with Crippen molar-refractivity contribution in [2.45, 2.75) is 43.9 Å². The number of fused-ring (bicyclic) bond motifs is 2. The first-order chi connectivity index (χ1) is 9.47. The van der Waals surface area contributed by atoms with Gasteiger partial charge in [-0.05, 0) is 31.7 Å². The molecule has 2 saturated heterocycles. The van der Waals surface area contributed by atoms with Gasteiger partial charge in [0.1, 0.15) is 5.69 Å². The standard InChI is InChI=1S/C13H14Cl2N2O3/c14-7-3-11(15)13(12(4-7)17(19)20)16-8-1-2-9(16)6-10(18)5-8/h3-4,8-10,18H,1-2,5-6H2. The highest BCUT2D eigenvalue weighted by Crippen LogP contribution is 2.47. The third kappa shape index (κ3) is 2.24. The quantitative estimate of drug-likeness (QED) is 0.670. The van der Waals surface area contributed by atoms with Crippen LogP contribution in [0.15, 0.2) is 12.1 Å². The highest BCUT2D eigenvalue weighted by atomic mass is 35.5. The van der Waals surface area contributed by atoms with Crippen LogP contribution in [0.2, 0.25) is 10.0 Å². The van der Waals surface area contributed by atoms with Crippen molar-refractivity contribution in [1.29, 1.82) is 0 Å². The fourth-order valence-corrected chi connectivity index (χ4v) is 4.04. The van der Waals surface area contributed by atoms with E-state index in [2.05, 4.69) is 0 Å². The average molecular weight is 317 g/mol. The topological polar surface area (TPSA) is 66.6 Å². The van der Waals surface area contributed by atoms with Gasteiger partial charge in [-0.2, -0.15) is 0 Å². The number of halogens is 2. The Bertz CT molecular complexity index is 553. The number of benzene rings is 1. The maximum atomic E-state index is 11.3. The van der Waals surface area contributed by atoms with E-state index < -0.39 is 4.92 Å². The summed E-state index contributed by atoms with van der Waals surface area (Å²) in [6.07, 6.45) is 2.79. The van der Waals surface area contributed by atoms with Gasteiger partial charge < -0.3 is 10.0 Å². The van der Waals surface area contributed by atoms with E-state index in [-0.39, 0.29) is 28.9 Å². The van der Waals surface area contributed by atoms with Crippen molar-refractivity contribution in [3.05, 3.63) is 32.3 Å². The van der Waals surface area contributed by atoms with E-state index in [1.807, 2.05) is 4.90 Å². The number of nitro benzene ring substituents is 1. The van der Waals surface area contributed by atoms with Gasteiger partial charge in [-0.3, -0.25) is 10.1 Å². The van der Waals surface area contributed by atoms with E-state index in [1.54, 1.807) is 0 Å². The third-order valence-corrected chi connectivity index (χ3v) is 4.68. The first-order valence-electron chi connectivity index (χ1n) is 6.57. The van der Waals surface area contributed by atoms with Crippen molar-refractivity contribution in [1.82, 2.24) is 0 Å². The summed E-state index contributed by atoms with van der Waals surface area (Å²) in [6.45, 7) is 0. The normalized spacial score (nSPS) is 28.8. The minimum atomic E-state index is -0.447. The molecule has 2 atom stereocenters. The molecule has 2 aliphatic rings. The molecule has 1 N–H and O–H groups in total.